The molecule has 0 bridgehead atoms. The monoisotopic (exact) mass is 387 g/mol. The molecule has 0 aliphatic rings. The van der Waals surface area contributed by atoms with Crippen LogP contribution < -0.4 is 0 Å². The first kappa shape index (κ1) is 17.9. The first-order chi connectivity index (χ1) is 14.8. The SMILES string of the molecule is O=C(c1ccccc1)c1nc2c(-c3ccccc3)nccc2nc1-c1ccccc1. The molecule has 0 aliphatic carbocycles. The number of hydrogen-bond acceptors (Lipinski definition) is 4. The molecule has 0 aliphatic heterocycles. The fraction of sp³-hybridized carbons (Fsp3) is 0. The highest BCUT2D eigenvalue weighted by atomic mass is 16.1. The second kappa shape index (κ2) is 7.68. The van der Waals surface area contributed by atoms with Crippen LogP contribution in [0.1, 0.15) is 16.1 Å². The number of benzene rings is 3. The Hall–Kier alpha value is -4.18. The lowest BCUT2D eigenvalue weighted by molar-refractivity contribution is 0.103. The number of nitrogens with zero attached hydrogens (tertiary/aromatic N) is 3. The summed E-state index contributed by atoms with van der Waals surface area (Å²) in [6.45, 7) is 0. The maximum absolute atomic E-state index is 13.4. The van der Waals surface area contributed by atoms with Crippen LogP contribution in [0.15, 0.2) is 103 Å². The summed E-state index contributed by atoms with van der Waals surface area (Å²) >= 11 is 0. The number of carbonyl (C=O) groups is 1. The summed E-state index contributed by atoms with van der Waals surface area (Å²) in [5.74, 6) is -0.160. The highest BCUT2D eigenvalue weighted by molar-refractivity contribution is 6.12. The van der Waals surface area contributed by atoms with E-state index in [1.165, 1.54) is 0 Å². The molecule has 0 fully saturated rings. The smallest absolute Gasteiger partial charge is 0.213 e. The maximum Gasteiger partial charge on any atom is 0.213 e. The molecule has 0 radical (unpaired) electrons. The van der Waals surface area contributed by atoms with Gasteiger partial charge in [0.15, 0.2) is 0 Å². The third-order valence-corrected chi connectivity index (χ3v) is 4.93. The summed E-state index contributed by atoms with van der Waals surface area (Å²) in [6, 6.07) is 30.5. The van der Waals surface area contributed by atoms with Gasteiger partial charge in [0.05, 0.1) is 11.2 Å². The Kier molecular flexibility index (Phi) is 4.58. The van der Waals surface area contributed by atoms with Crippen LogP contribution in [0.5, 0.6) is 0 Å². The number of fused-ring (bicyclic) bond motifs is 1. The van der Waals surface area contributed by atoms with Gasteiger partial charge in [0.1, 0.15) is 16.9 Å². The minimum atomic E-state index is -0.160. The Labute approximate surface area is 173 Å². The molecule has 3 aromatic carbocycles. The van der Waals surface area contributed by atoms with Gasteiger partial charge in [0, 0.05) is 22.9 Å². The summed E-state index contributed by atoms with van der Waals surface area (Å²) in [4.78, 5) is 27.6. The van der Waals surface area contributed by atoms with Gasteiger partial charge in [0.2, 0.25) is 5.78 Å². The van der Waals surface area contributed by atoms with Crippen LogP contribution in [0, 0.1) is 0 Å². The normalized spacial score (nSPS) is 10.8. The highest BCUT2D eigenvalue weighted by Gasteiger charge is 2.21. The molecule has 0 spiro atoms. The van der Waals surface area contributed by atoms with Gasteiger partial charge in [-0.25, -0.2) is 9.97 Å². The van der Waals surface area contributed by atoms with Crippen molar-refractivity contribution in [2.75, 3.05) is 0 Å². The Morgan fingerprint density at radius 1 is 0.600 bits per heavy atom. The lowest BCUT2D eigenvalue weighted by atomic mass is 10.0. The Morgan fingerprint density at radius 3 is 1.80 bits per heavy atom. The first-order valence-electron chi connectivity index (χ1n) is 9.68. The average molecular weight is 387 g/mol. The molecule has 0 saturated carbocycles. The van der Waals surface area contributed by atoms with Gasteiger partial charge >= 0.3 is 0 Å². The molecule has 0 unspecified atom stereocenters. The standard InChI is InChI=1S/C26H17N3O/c30-26(20-14-8-3-9-15-20)25-23(19-12-6-2-7-13-19)28-21-16-17-27-22(24(21)29-25)18-10-4-1-5-11-18/h1-17H. The van der Waals surface area contributed by atoms with E-state index in [1.54, 1.807) is 18.3 Å². The van der Waals surface area contributed by atoms with E-state index in [-0.39, 0.29) is 5.78 Å². The van der Waals surface area contributed by atoms with E-state index in [0.29, 0.717) is 33.7 Å². The summed E-state index contributed by atoms with van der Waals surface area (Å²) in [5, 5.41) is 0. The van der Waals surface area contributed by atoms with Crippen molar-refractivity contribution >= 4 is 16.8 Å². The van der Waals surface area contributed by atoms with Gasteiger partial charge in [-0.2, -0.15) is 0 Å². The third kappa shape index (κ3) is 3.25. The van der Waals surface area contributed by atoms with Crippen molar-refractivity contribution < 1.29 is 4.79 Å². The van der Waals surface area contributed by atoms with Crippen LogP contribution in [0.3, 0.4) is 0 Å². The Morgan fingerprint density at radius 2 is 1.17 bits per heavy atom. The number of rotatable bonds is 4. The molecule has 30 heavy (non-hydrogen) atoms. The summed E-state index contributed by atoms with van der Waals surface area (Å²) in [7, 11) is 0. The zero-order valence-electron chi connectivity index (χ0n) is 16.1. The first-order valence-corrected chi connectivity index (χ1v) is 9.68. The van der Waals surface area contributed by atoms with Crippen molar-refractivity contribution in [2.24, 2.45) is 0 Å². The van der Waals surface area contributed by atoms with E-state index < -0.39 is 0 Å². The Bertz CT molecular complexity index is 1330. The van der Waals surface area contributed by atoms with E-state index in [9.17, 15) is 4.79 Å². The fourth-order valence-corrected chi connectivity index (χ4v) is 3.47. The van der Waals surface area contributed by atoms with Gasteiger partial charge < -0.3 is 0 Å². The molecule has 5 rings (SSSR count). The molecule has 142 valence electrons. The number of ketones is 1. The van der Waals surface area contributed by atoms with Crippen LogP contribution in [-0.4, -0.2) is 20.7 Å². The minimum absolute atomic E-state index is 0.160. The van der Waals surface area contributed by atoms with Crippen LogP contribution in [-0.2, 0) is 0 Å². The fourth-order valence-electron chi connectivity index (χ4n) is 3.47. The average Bonchev–Trinajstić information content (AvgIpc) is 2.84. The third-order valence-electron chi connectivity index (χ3n) is 4.93. The summed E-state index contributed by atoms with van der Waals surface area (Å²) < 4.78 is 0. The predicted molar refractivity (Wildman–Crippen MR) is 118 cm³/mol. The van der Waals surface area contributed by atoms with Gasteiger partial charge in [-0.15, -0.1) is 0 Å². The molecule has 2 aromatic heterocycles. The Balaban J connectivity index is 1.80. The van der Waals surface area contributed by atoms with Crippen molar-refractivity contribution in [3.05, 3.63) is 115 Å². The quantitative estimate of drug-likeness (QED) is 0.377. The molecule has 0 saturated heterocycles. The number of carbonyl (C=O) groups excluding carboxylic acids is 1. The van der Waals surface area contributed by atoms with Crippen LogP contribution >= 0.6 is 0 Å². The van der Waals surface area contributed by atoms with Gasteiger partial charge in [-0.1, -0.05) is 91.0 Å². The van der Waals surface area contributed by atoms with E-state index in [2.05, 4.69) is 4.98 Å². The van der Waals surface area contributed by atoms with E-state index in [0.717, 1.165) is 11.1 Å². The molecule has 5 aromatic rings. The molecule has 0 amide bonds. The molecule has 4 heteroatoms. The van der Waals surface area contributed by atoms with Crippen molar-refractivity contribution in [2.45, 2.75) is 0 Å². The number of hydrogen-bond donors (Lipinski definition) is 0. The predicted octanol–water partition coefficient (Wildman–Crippen LogP) is 5.59. The lowest BCUT2D eigenvalue weighted by Crippen LogP contribution is -2.09. The molecular weight excluding hydrogens is 370 g/mol. The van der Waals surface area contributed by atoms with Crippen molar-refractivity contribution in [3.63, 3.8) is 0 Å². The molecular formula is C26H17N3O. The maximum atomic E-state index is 13.4. The molecule has 4 nitrogen and oxygen atoms in total. The molecule has 0 N–H and O–H groups in total. The summed E-state index contributed by atoms with van der Waals surface area (Å²) in [6.07, 6.45) is 1.73. The topological polar surface area (TPSA) is 55.7 Å². The second-order valence-corrected chi connectivity index (χ2v) is 6.88. The largest absolute Gasteiger partial charge is 0.287 e. The lowest BCUT2D eigenvalue weighted by Gasteiger charge is -2.11. The van der Waals surface area contributed by atoms with Gasteiger partial charge in [-0.05, 0) is 6.07 Å². The number of aromatic nitrogens is 3. The number of pyridine rings is 1. The van der Waals surface area contributed by atoms with Gasteiger partial charge in [-0.3, -0.25) is 9.78 Å². The van der Waals surface area contributed by atoms with Crippen molar-refractivity contribution in [1.82, 2.24) is 15.0 Å². The zero-order chi connectivity index (χ0) is 20.3. The van der Waals surface area contributed by atoms with Crippen molar-refractivity contribution in [3.8, 4) is 22.5 Å². The second-order valence-electron chi connectivity index (χ2n) is 6.88. The van der Waals surface area contributed by atoms with E-state index >= 15 is 0 Å². The van der Waals surface area contributed by atoms with Gasteiger partial charge in [0.25, 0.3) is 0 Å². The summed E-state index contributed by atoms with van der Waals surface area (Å²) in [5.41, 5.74) is 5.28. The molecule has 2 heterocycles. The van der Waals surface area contributed by atoms with E-state index in [4.69, 9.17) is 9.97 Å². The van der Waals surface area contributed by atoms with Crippen LogP contribution in [0.25, 0.3) is 33.5 Å². The highest BCUT2D eigenvalue weighted by Crippen LogP contribution is 2.29. The van der Waals surface area contributed by atoms with Crippen molar-refractivity contribution in [1.29, 1.82) is 0 Å². The minimum Gasteiger partial charge on any atom is -0.287 e. The van der Waals surface area contributed by atoms with E-state index in [1.807, 2.05) is 84.9 Å². The zero-order valence-corrected chi connectivity index (χ0v) is 16.1. The van der Waals surface area contributed by atoms with Crippen LogP contribution in [0.2, 0.25) is 0 Å². The van der Waals surface area contributed by atoms with Crippen LogP contribution in [0.4, 0.5) is 0 Å². The molecule has 0 atom stereocenters.